The molecule has 2 aromatic carbocycles. The van der Waals surface area contributed by atoms with Crippen LogP contribution in [0.15, 0.2) is 36.4 Å². The van der Waals surface area contributed by atoms with Crippen LogP contribution in [0.2, 0.25) is 0 Å². The monoisotopic (exact) mass is 440 g/mol. The van der Waals surface area contributed by atoms with Crippen molar-refractivity contribution in [3.63, 3.8) is 0 Å². The standard InChI is InChI=1S/C28H40O4/c1-6-31-25-19-24(28(30-5)27(20-25)32-7-2)17-16-23-14-11-13-22(18-23)12-9-8-10-15-26(29)21(3)4/h11,13-14,16-21,26,29H,6-10,12,15H2,1-5H3. The van der Waals surface area contributed by atoms with Gasteiger partial charge in [-0.3, -0.25) is 0 Å². The summed E-state index contributed by atoms with van der Waals surface area (Å²) in [6.45, 7) is 9.24. The Balaban J connectivity index is 2.05. The van der Waals surface area contributed by atoms with Gasteiger partial charge in [-0.2, -0.15) is 0 Å². The molecule has 0 aliphatic carbocycles. The minimum atomic E-state index is -0.176. The Bertz CT molecular complexity index is 841. The highest BCUT2D eigenvalue weighted by atomic mass is 16.5. The van der Waals surface area contributed by atoms with Crippen LogP contribution in [0.25, 0.3) is 12.2 Å². The Morgan fingerprint density at radius 1 is 0.938 bits per heavy atom. The van der Waals surface area contributed by atoms with Crippen molar-refractivity contribution in [1.82, 2.24) is 0 Å². The number of aliphatic hydroxyl groups is 1. The molecular formula is C28H40O4. The van der Waals surface area contributed by atoms with Crippen molar-refractivity contribution in [2.75, 3.05) is 20.3 Å². The summed E-state index contributed by atoms with van der Waals surface area (Å²) in [6.07, 6.45) is 9.29. The minimum absolute atomic E-state index is 0.176. The van der Waals surface area contributed by atoms with Crippen molar-refractivity contribution < 1.29 is 19.3 Å². The van der Waals surface area contributed by atoms with Gasteiger partial charge in [0.15, 0.2) is 11.5 Å². The second-order valence-electron chi connectivity index (χ2n) is 8.40. The molecule has 0 fully saturated rings. The Hall–Kier alpha value is -2.46. The smallest absolute Gasteiger partial charge is 0.168 e. The normalized spacial score (nSPS) is 12.3. The second-order valence-corrected chi connectivity index (χ2v) is 8.40. The molecule has 0 bridgehead atoms. The van der Waals surface area contributed by atoms with E-state index in [2.05, 4.69) is 50.3 Å². The number of rotatable bonds is 14. The number of methoxy groups -OCH3 is 1. The summed E-state index contributed by atoms with van der Waals surface area (Å²) in [4.78, 5) is 0. The molecule has 0 aliphatic heterocycles. The van der Waals surface area contributed by atoms with Gasteiger partial charge in [0.05, 0.1) is 26.4 Å². The fraction of sp³-hybridized carbons (Fsp3) is 0.500. The van der Waals surface area contributed by atoms with E-state index in [1.165, 1.54) is 5.56 Å². The molecule has 0 radical (unpaired) electrons. The van der Waals surface area contributed by atoms with Crippen LogP contribution in [-0.2, 0) is 6.42 Å². The summed E-state index contributed by atoms with van der Waals surface area (Å²) in [7, 11) is 1.66. The first kappa shape index (κ1) is 25.8. The first-order valence-corrected chi connectivity index (χ1v) is 11.9. The van der Waals surface area contributed by atoms with Gasteiger partial charge in [0.1, 0.15) is 5.75 Å². The molecule has 0 heterocycles. The van der Waals surface area contributed by atoms with Crippen molar-refractivity contribution in [3.05, 3.63) is 53.1 Å². The van der Waals surface area contributed by atoms with E-state index in [-0.39, 0.29) is 6.10 Å². The lowest BCUT2D eigenvalue weighted by Gasteiger charge is -2.14. The highest BCUT2D eigenvalue weighted by molar-refractivity contribution is 5.75. The van der Waals surface area contributed by atoms with Crippen LogP contribution in [0.5, 0.6) is 17.2 Å². The lowest BCUT2D eigenvalue weighted by molar-refractivity contribution is 0.113. The van der Waals surface area contributed by atoms with Gasteiger partial charge in [0, 0.05) is 11.6 Å². The van der Waals surface area contributed by atoms with E-state index in [4.69, 9.17) is 14.2 Å². The number of aliphatic hydroxyl groups excluding tert-OH is 1. The van der Waals surface area contributed by atoms with Crippen molar-refractivity contribution >= 4 is 12.2 Å². The first-order chi connectivity index (χ1) is 15.5. The molecule has 0 spiro atoms. The topological polar surface area (TPSA) is 47.9 Å². The Morgan fingerprint density at radius 2 is 1.72 bits per heavy atom. The molecule has 0 amide bonds. The molecule has 0 saturated carbocycles. The molecule has 4 heteroatoms. The zero-order valence-corrected chi connectivity index (χ0v) is 20.4. The average Bonchev–Trinajstić information content (AvgIpc) is 2.78. The summed E-state index contributed by atoms with van der Waals surface area (Å²) in [5.74, 6) is 2.52. The lowest BCUT2D eigenvalue weighted by atomic mass is 9.99. The molecule has 176 valence electrons. The van der Waals surface area contributed by atoms with Crippen LogP contribution >= 0.6 is 0 Å². The van der Waals surface area contributed by atoms with Gasteiger partial charge < -0.3 is 19.3 Å². The fourth-order valence-corrected chi connectivity index (χ4v) is 3.68. The van der Waals surface area contributed by atoms with Crippen LogP contribution < -0.4 is 14.2 Å². The van der Waals surface area contributed by atoms with Crippen molar-refractivity contribution in [3.8, 4) is 17.2 Å². The van der Waals surface area contributed by atoms with Gasteiger partial charge in [-0.1, -0.05) is 63.1 Å². The van der Waals surface area contributed by atoms with Crippen LogP contribution in [0.1, 0.15) is 70.1 Å². The van der Waals surface area contributed by atoms with Crippen LogP contribution in [0.3, 0.4) is 0 Å². The molecule has 0 aromatic heterocycles. The van der Waals surface area contributed by atoms with Gasteiger partial charge in [-0.25, -0.2) is 0 Å². The third-order valence-corrected chi connectivity index (χ3v) is 5.51. The first-order valence-electron chi connectivity index (χ1n) is 11.9. The molecule has 1 N–H and O–H groups in total. The van der Waals surface area contributed by atoms with E-state index in [1.807, 2.05) is 26.0 Å². The number of benzene rings is 2. The van der Waals surface area contributed by atoms with Crippen molar-refractivity contribution in [2.45, 2.75) is 65.9 Å². The SMILES string of the molecule is CCOc1cc(C=Cc2cccc(CCCCCC(O)C(C)C)c2)c(OC)c(OCC)c1. The van der Waals surface area contributed by atoms with E-state index in [1.54, 1.807) is 7.11 Å². The molecule has 2 aromatic rings. The van der Waals surface area contributed by atoms with E-state index in [0.29, 0.717) is 30.6 Å². The van der Waals surface area contributed by atoms with Crippen molar-refractivity contribution in [1.29, 1.82) is 0 Å². The Labute approximate surface area is 194 Å². The van der Waals surface area contributed by atoms with Crippen molar-refractivity contribution in [2.24, 2.45) is 5.92 Å². The van der Waals surface area contributed by atoms with E-state index < -0.39 is 0 Å². The highest BCUT2D eigenvalue weighted by Crippen LogP contribution is 2.37. The zero-order chi connectivity index (χ0) is 23.3. The number of ether oxygens (including phenoxy) is 3. The molecule has 2 rings (SSSR count). The Kier molecular flexibility index (Phi) is 11.2. The molecule has 0 saturated heterocycles. The average molecular weight is 441 g/mol. The molecule has 32 heavy (non-hydrogen) atoms. The molecule has 0 aliphatic rings. The zero-order valence-electron chi connectivity index (χ0n) is 20.4. The number of hydrogen-bond donors (Lipinski definition) is 1. The summed E-state index contributed by atoms with van der Waals surface area (Å²) in [5, 5.41) is 9.93. The largest absolute Gasteiger partial charge is 0.494 e. The summed E-state index contributed by atoms with van der Waals surface area (Å²) in [5.41, 5.74) is 3.41. The van der Waals surface area contributed by atoms with Gasteiger partial charge in [0.2, 0.25) is 0 Å². The maximum atomic E-state index is 9.93. The predicted octanol–water partition coefficient (Wildman–Crippen LogP) is 6.78. The minimum Gasteiger partial charge on any atom is -0.494 e. The molecule has 4 nitrogen and oxygen atoms in total. The third-order valence-electron chi connectivity index (χ3n) is 5.51. The van der Waals surface area contributed by atoms with Gasteiger partial charge >= 0.3 is 0 Å². The van der Waals surface area contributed by atoms with Gasteiger partial charge in [-0.05, 0) is 56.2 Å². The van der Waals surface area contributed by atoms with Crippen LogP contribution in [0, 0.1) is 5.92 Å². The van der Waals surface area contributed by atoms with E-state index in [9.17, 15) is 5.11 Å². The number of hydrogen-bond acceptors (Lipinski definition) is 4. The Morgan fingerprint density at radius 3 is 2.41 bits per heavy atom. The highest BCUT2D eigenvalue weighted by Gasteiger charge is 2.12. The summed E-state index contributed by atoms with van der Waals surface area (Å²) in [6, 6.07) is 12.5. The van der Waals surface area contributed by atoms with E-state index >= 15 is 0 Å². The van der Waals surface area contributed by atoms with E-state index in [0.717, 1.165) is 49.0 Å². The predicted molar refractivity (Wildman–Crippen MR) is 134 cm³/mol. The van der Waals surface area contributed by atoms with Crippen LogP contribution in [-0.4, -0.2) is 31.5 Å². The van der Waals surface area contributed by atoms with Crippen LogP contribution in [0.4, 0.5) is 0 Å². The summed E-state index contributed by atoms with van der Waals surface area (Å²) >= 11 is 0. The quantitative estimate of drug-likeness (QED) is 0.260. The summed E-state index contributed by atoms with van der Waals surface area (Å²) < 4.78 is 17.1. The third kappa shape index (κ3) is 8.23. The maximum Gasteiger partial charge on any atom is 0.168 e. The van der Waals surface area contributed by atoms with Gasteiger partial charge in [-0.15, -0.1) is 0 Å². The molecule has 1 atom stereocenters. The van der Waals surface area contributed by atoms with Gasteiger partial charge in [0.25, 0.3) is 0 Å². The molecule has 1 unspecified atom stereocenters. The molecular weight excluding hydrogens is 400 g/mol. The lowest BCUT2D eigenvalue weighted by Crippen LogP contribution is -2.13. The fourth-order valence-electron chi connectivity index (χ4n) is 3.68. The number of unbranched alkanes of at least 4 members (excludes halogenated alkanes) is 2. The maximum absolute atomic E-state index is 9.93. The second kappa shape index (κ2) is 13.8. The number of aryl methyl sites for hydroxylation is 1.